The quantitative estimate of drug-likeness (QED) is 0.902. The van der Waals surface area contributed by atoms with E-state index in [1.54, 1.807) is 4.90 Å². The predicted molar refractivity (Wildman–Crippen MR) is 87.3 cm³/mol. The maximum absolute atomic E-state index is 12.2. The summed E-state index contributed by atoms with van der Waals surface area (Å²) < 4.78 is 7.82. The Balaban J connectivity index is 1.46. The van der Waals surface area contributed by atoms with Gasteiger partial charge in [0.2, 0.25) is 5.91 Å². The number of nitrogens with zero attached hydrogens (tertiary/aromatic N) is 4. The van der Waals surface area contributed by atoms with Crippen LogP contribution in [0.3, 0.4) is 0 Å². The standard InChI is InChI=1S/C15H17N5O2S/c21-14(17-12-4-2-1-3-5-12)11-19-6-8-20(9-7-19)15(22)13-10-16-23-18-13/h1-5,10H,6-9,11H2,(H,17,21). The van der Waals surface area contributed by atoms with Crippen LogP contribution in [0.4, 0.5) is 5.69 Å². The van der Waals surface area contributed by atoms with Crippen molar-refractivity contribution in [3.05, 3.63) is 42.2 Å². The Labute approximate surface area is 138 Å². The first-order valence-corrected chi connectivity index (χ1v) is 8.09. The van der Waals surface area contributed by atoms with Crippen LogP contribution in [0.1, 0.15) is 10.5 Å². The van der Waals surface area contributed by atoms with Gasteiger partial charge < -0.3 is 10.2 Å². The van der Waals surface area contributed by atoms with Crippen LogP contribution in [0.15, 0.2) is 36.5 Å². The molecule has 1 saturated heterocycles. The Morgan fingerprint density at radius 2 is 1.87 bits per heavy atom. The van der Waals surface area contributed by atoms with E-state index in [-0.39, 0.29) is 11.8 Å². The Hall–Kier alpha value is -2.32. The second kappa shape index (κ2) is 7.30. The van der Waals surface area contributed by atoms with E-state index < -0.39 is 0 Å². The van der Waals surface area contributed by atoms with E-state index in [9.17, 15) is 9.59 Å². The van der Waals surface area contributed by atoms with Crippen molar-refractivity contribution in [1.29, 1.82) is 0 Å². The Bertz CT molecular complexity index is 654. The molecule has 8 heteroatoms. The first kappa shape index (κ1) is 15.6. The van der Waals surface area contributed by atoms with E-state index in [1.807, 2.05) is 35.2 Å². The largest absolute Gasteiger partial charge is 0.335 e. The molecule has 2 heterocycles. The summed E-state index contributed by atoms with van der Waals surface area (Å²) in [5.41, 5.74) is 1.19. The summed E-state index contributed by atoms with van der Waals surface area (Å²) in [7, 11) is 0. The molecule has 1 fully saturated rings. The summed E-state index contributed by atoms with van der Waals surface area (Å²) in [5, 5.41) is 2.87. The van der Waals surface area contributed by atoms with Crippen LogP contribution in [0, 0.1) is 0 Å². The molecular formula is C15H17N5O2S. The van der Waals surface area contributed by atoms with Gasteiger partial charge >= 0.3 is 0 Å². The summed E-state index contributed by atoms with van der Waals surface area (Å²) in [4.78, 5) is 28.0. The molecule has 0 spiro atoms. The van der Waals surface area contributed by atoms with Gasteiger partial charge in [0, 0.05) is 31.9 Å². The van der Waals surface area contributed by atoms with E-state index >= 15 is 0 Å². The molecule has 1 aromatic heterocycles. The molecule has 2 aromatic rings. The summed E-state index contributed by atoms with van der Waals surface area (Å²) in [6, 6.07) is 9.39. The average molecular weight is 331 g/mol. The van der Waals surface area contributed by atoms with Crippen molar-refractivity contribution < 1.29 is 9.59 Å². The van der Waals surface area contributed by atoms with Gasteiger partial charge in [0.15, 0.2) is 5.69 Å². The third kappa shape index (κ3) is 4.11. The second-order valence-corrected chi connectivity index (χ2v) is 5.83. The summed E-state index contributed by atoms with van der Waals surface area (Å²) in [5.74, 6) is -0.133. The lowest BCUT2D eigenvalue weighted by atomic mass is 10.2. The first-order valence-electron chi connectivity index (χ1n) is 7.36. The normalized spacial score (nSPS) is 15.4. The smallest absolute Gasteiger partial charge is 0.275 e. The number of aromatic nitrogens is 2. The third-order valence-electron chi connectivity index (χ3n) is 3.66. The summed E-state index contributed by atoms with van der Waals surface area (Å²) in [6.07, 6.45) is 1.49. The third-order valence-corrected chi connectivity index (χ3v) is 4.14. The van der Waals surface area contributed by atoms with E-state index in [4.69, 9.17) is 0 Å². The number of benzene rings is 1. The number of hydrogen-bond acceptors (Lipinski definition) is 6. The van der Waals surface area contributed by atoms with Crippen LogP contribution in [-0.4, -0.2) is 63.1 Å². The number of hydrogen-bond donors (Lipinski definition) is 1. The number of nitrogens with one attached hydrogen (secondary N) is 1. The maximum Gasteiger partial charge on any atom is 0.275 e. The van der Waals surface area contributed by atoms with Gasteiger partial charge in [-0.05, 0) is 12.1 Å². The summed E-state index contributed by atoms with van der Waals surface area (Å²) in [6.45, 7) is 2.86. The van der Waals surface area contributed by atoms with E-state index in [0.29, 0.717) is 38.4 Å². The van der Waals surface area contributed by atoms with Crippen molar-refractivity contribution in [2.24, 2.45) is 0 Å². The lowest BCUT2D eigenvalue weighted by molar-refractivity contribution is -0.117. The molecule has 0 radical (unpaired) electrons. The molecule has 0 aliphatic carbocycles. The number of anilines is 1. The molecule has 1 N–H and O–H groups in total. The first-order chi connectivity index (χ1) is 11.2. The molecule has 3 rings (SSSR count). The van der Waals surface area contributed by atoms with E-state index in [0.717, 1.165) is 17.4 Å². The molecule has 0 atom stereocenters. The second-order valence-electron chi connectivity index (χ2n) is 5.28. The van der Waals surface area contributed by atoms with Crippen molar-refractivity contribution in [3.63, 3.8) is 0 Å². The van der Waals surface area contributed by atoms with Crippen LogP contribution in [0.25, 0.3) is 0 Å². The van der Waals surface area contributed by atoms with Gasteiger partial charge in [0.05, 0.1) is 24.5 Å². The fraction of sp³-hybridized carbons (Fsp3) is 0.333. The van der Waals surface area contributed by atoms with Crippen LogP contribution in [0.5, 0.6) is 0 Å². The monoisotopic (exact) mass is 331 g/mol. The van der Waals surface area contributed by atoms with Crippen molar-refractivity contribution in [2.45, 2.75) is 0 Å². The fourth-order valence-electron chi connectivity index (χ4n) is 2.46. The Kier molecular flexibility index (Phi) is 4.94. The minimum Gasteiger partial charge on any atom is -0.335 e. The topological polar surface area (TPSA) is 78.4 Å². The molecule has 0 saturated carbocycles. The highest BCUT2D eigenvalue weighted by atomic mass is 32.1. The molecule has 2 amide bonds. The van der Waals surface area contributed by atoms with Crippen LogP contribution >= 0.6 is 11.7 Å². The van der Waals surface area contributed by atoms with Gasteiger partial charge in [0.25, 0.3) is 5.91 Å². The molecule has 1 aliphatic rings. The number of amides is 2. The predicted octanol–water partition coefficient (Wildman–Crippen LogP) is 0.935. The minimum atomic E-state index is -0.0906. The number of carbonyl (C=O) groups excluding carboxylic acids is 2. The zero-order valence-electron chi connectivity index (χ0n) is 12.5. The van der Waals surface area contributed by atoms with Gasteiger partial charge in [-0.15, -0.1) is 0 Å². The highest BCUT2D eigenvalue weighted by Crippen LogP contribution is 2.09. The Morgan fingerprint density at radius 3 is 2.52 bits per heavy atom. The molecule has 23 heavy (non-hydrogen) atoms. The zero-order chi connectivity index (χ0) is 16.1. The van der Waals surface area contributed by atoms with Crippen LogP contribution < -0.4 is 5.32 Å². The van der Waals surface area contributed by atoms with Gasteiger partial charge in [-0.2, -0.15) is 8.75 Å². The molecule has 1 aliphatic heterocycles. The van der Waals surface area contributed by atoms with E-state index in [2.05, 4.69) is 14.1 Å². The molecule has 1 aromatic carbocycles. The number of carbonyl (C=O) groups is 2. The van der Waals surface area contributed by atoms with Gasteiger partial charge in [-0.3, -0.25) is 14.5 Å². The summed E-state index contributed by atoms with van der Waals surface area (Å²) >= 11 is 1.03. The number of rotatable bonds is 4. The fourth-order valence-corrected chi connectivity index (χ4v) is 2.86. The molecule has 7 nitrogen and oxygen atoms in total. The van der Waals surface area contributed by atoms with Gasteiger partial charge in [0.1, 0.15) is 0 Å². The lowest BCUT2D eigenvalue weighted by Gasteiger charge is -2.33. The van der Waals surface area contributed by atoms with Crippen LogP contribution in [-0.2, 0) is 4.79 Å². The Morgan fingerprint density at radius 1 is 1.13 bits per heavy atom. The highest BCUT2D eigenvalue weighted by molar-refractivity contribution is 6.99. The minimum absolute atomic E-state index is 0.0420. The van der Waals surface area contributed by atoms with Crippen molar-refractivity contribution >= 4 is 29.2 Å². The van der Waals surface area contributed by atoms with Crippen molar-refractivity contribution in [2.75, 3.05) is 38.0 Å². The SMILES string of the molecule is O=C(CN1CCN(C(=O)c2cnsn2)CC1)Nc1ccccc1. The maximum atomic E-state index is 12.2. The average Bonchev–Trinajstić information content (AvgIpc) is 3.10. The number of piperazine rings is 1. The molecule has 0 bridgehead atoms. The molecule has 0 unspecified atom stereocenters. The van der Waals surface area contributed by atoms with Gasteiger partial charge in [-0.25, -0.2) is 0 Å². The zero-order valence-corrected chi connectivity index (χ0v) is 13.3. The highest BCUT2D eigenvalue weighted by Gasteiger charge is 2.24. The van der Waals surface area contributed by atoms with Gasteiger partial charge in [-0.1, -0.05) is 18.2 Å². The number of para-hydroxylation sites is 1. The van der Waals surface area contributed by atoms with Crippen LogP contribution in [0.2, 0.25) is 0 Å². The van der Waals surface area contributed by atoms with Crippen molar-refractivity contribution in [3.8, 4) is 0 Å². The molecular weight excluding hydrogens is 314 g/mol. The van der Waals surface area contributed by atoms with Crippen molar-refractivity contribution in [1.82, 2.24) is 18.5 Å². The van der Waals surface area contributed by atoms with E-state index in [1.165, 1.54) is 6.20 Å². The molecule has 120 valence electrons. The lowest BCUT2D eigenvalue weighted by Crippen LogP contribution is -2.50.